The van der Waals surface area contributed by atoms with Crippen LogP contribution in [0.3, 0.4) is 0 Å². The second-order valence-corrected chi connectivity index (χ2v) is 5.47. The second-order valence-electron chi connectivity index (χ2n) is 5.47. The highest BCUT2D eigenvalue weighted by Gasteiger charge is 2.21. The molecule has 2 aromatic heterocycles. The molecule has 0 fully saturated rings. The molecule has 2 rings (SSSR count). The minimum absolute atomic E-state index is 0.293. The summed E-state index contributed by atoms with van der Waals surface area (Å²) in [5, 5.41) is 20.9. The lowest BCUT2D eigenvalue weighted by molar-refractivity contribution is -0.142. The molecule has 0 saturated heterocycles. The zero-order valence-electron chi connectivity index (χ0n) is 12.2. The zero-order chi connectivity index (χ0) is 15.2. The Kier molecular flexibility index (Phi) is 4.97. The van der Waals surface area contributed by atoms with E-state index in [1.807, 2.05) is 26.0 Å². The normalized spacial score (nSPS) is 12.5. The lowest BCUT2D eigenvalue weighted by atomic mass is 9.97. The van der Waals surface area contributed by atoms with E-state index in [2.05, 4.69) is 20.5 Å². The van der Waals surface area contributed by atoms with Crippen LogP contribution in [0.4, 0.5) is 0 Å². The molecule has 0 spiro atoms. The topological polar surface area (TPSA) is 93.8 Å². The Morgan fingerprint density at radius 1 is 1.33 bits per heavy atom. The minimum atomic E-state index is -0.811. The molecule has 112 valence electrons. The van der Waals surface area contributed by atoms with Gasteiger partial charge < -0.3 is 5.11 Å². The van der Waals surface area contributed by atoms with E-state index in [4.69, 9.17) is 0 Å². The van der Waals surface area contributed by atoms with Gasteiger partial charge in [-0.3, -0.25) is 9.78 Å². The predicted octanol–water partition coefficient (Wildman–Crippen LogP) is 1.41. The van der Waals surface area contributed by atoms with Crippen LogP contribution in [0, 0.1) is 11.8 Å². The van der Waals surface area contributed by atoms with Crippen LogP contribution in [0.25, 0.3) is 0 Å². The highest BCUT2D eigenvalue weighted by atomic mass is 16.4. The maximum absolute atomic E-state index is 11.3. The molecule has 1 N–H and O–H groups in total. The van der Waals surface area contributed by atoms with Gasteiger partial charge in [0.05, 0.1) is 12.5 Å². The number of hydrogen-bond donors (Lipinski definition) is 1. The van der Waals surface area contributed by atoms with Crippen LogP contribution in [0.5, 0.6) is 0 Å². The summed E-state index contributed by atoms with van der Waals surface area (Å²) < 4.78 is 1.58. The minimum Gasteiger partial charge on any atom is -0.481 e. The average Bonchev–Trinajstić information content (AvgIpc) is 2.86. The van der Waals surface area contributed by atoms with Gasteiger partial charge >= 0.3 is 5.97 Å². The molecule has 0 aliphatic heterocycles. The van der Waals surface area contributed by atoms with Crippen LogP contribution in [0.1, 0.15) is 31.7 Å². The van der Waals surface area contributed by atoms with Gasteiger partial charge in [-0.2, -0.15) is 0 Å². The van der Waals surface area contributed by atoms with Gasteiger partial charge in [-0.05, 0) is 40.5 Å². The molecule has 2 heterocycles. The van der Waals surface area contributed by atoms with E-state index in [9.17, 15) is 9.90 Å². The summed E-state index contributed by atoms with van der Waals surface area (Å²) in [6, 6.07) is 3.78. The number of pyridine rings is 1. The third-order valence-corrected chi connectivity index (χ3v) is 3.22. The molecule has 21 heavy (non-hydrogen) atoms. The number of tetrazole rings is 1. The lowest BCUT2D eigenvalue weighted by Gasteiger charge is -2.15. The molecule has 0 aliphatic rings. The van der Waals surface area contributed by atoms with Crippen molar-refractivity contribution in [2.24, 2.45) is 11.8 Å². The Morgan fingerprint density at radius 2 is 2.05 bits per heavy atom. The van der Waals surface area contributed by atoms with Crippen molar-refractivity contribution >= 4 is 5.97 Å². The zero-order valence-corrected chi connectivity index (χ0v) is 12.2. The van der Waals surface area contributed by atoms with Crippen molar-refractivity contribution in [2.45, 2.75) is 33.2 Å². The van der Waals surface area contributed by atoms with Crippen LogP contribution in [0.15, 0.2) is 24.5 Å². The predicted molar refractivity (Wildman–Crippen MR) is 75.4 cm³/mol. The maximum atomic E-state index is 11.3. The lowest BCUT2D eigenvalue weighted by Crippen LogP contribution is -2.23. The molecule has 7 heteroatoms. The molecular formula is C14H19N5O2. The largest absolute Gasteiger partial charge is 0.481 e. The number of nitrogens with zero attached hydrogens (tertiary/aromatic N) is 5. The van der Waals surface area contributed by atoms with Crippen molar-refractivity contribution < 1.29 is 9.90 Å². The maximum Gasteiger partial charge on any atom is 0.308 e. The van der Waals surface area contributed by atoms with E-state index in [0.717, 1.165) is 5.56 Å². The van der Waals surface area contributed by atoms with Crippen LogP contribution in [-0.2, 0) is 17.8 Å². The third-order valence-electron chi connectivity index (χ3n) is 3.22. The Hall–Kier alpha value is -2.31. The number of carboxylic acids is 1. The fraction of sp³-hybridized carbons (Fsp3) is 0.500. The molecule has 2 aromatic rings. The van der Waals surface area contributed by atoms with Crippen LogP contribution in [0.2, 0.25) is 0 Å². The number of carboxylic acid groups (broad SMARTS) is 1. The molecule has 7 nitrogen and oxygen atoms in total. The monoisotopic (exact) mass is 289 g/mol. The summed E-state index contributed by atoms with van der Waals surface area (Å²) in [6.45, 7) is 4.31. The van der Waals surface area contributed by atoms with Crippen molar-refractivity contribution in [2.75, 3.05) is 0 Å². The Bertz CT molecular complexity index is 582. The smallest absolute Gasteiger partial charge is 0.308 e. The Morgan fingerprint density at radius 3 is 2.67 bits per heavy atom. The Labute approximate surface area is 123 Å². The van der Waals surface area contributed by atoms with Gasteiger partial charge in [0, 0.05) is 18.8 Å². The molecule has 1 unspecified atom stereocenters. The summed E-state index contributed by atoms with van der Waals surface area (Å²) >= 11 is 0. The van der Waals surface area contributed by atoms with E-state index in [1.165, 1.54) is 0 Å². The first-order chi connectivity index (χ1) is 10.1. The molecule has 0 bridgehead atoms. The van der Waals surface area contributed by atoms with Crippen LogP contribution in [-0.4, -0.2) is 36.3 Å². The highest BCUT2D eigenvalue weighted by Crippen LogP contribution is 2.15. The van der Waals surface area contributed by atoms with Crippen LogP contribution >= 0.6 is 0 Å². The highest BCUT2D eigenvalue weighted by molar-refractivity contribution is 5.69. The number of hydrogen-bond acceptors (Lipinski definition) is 5. The first kappa shape index (κ1) is 15.1. The van der Waals surface area contributed by atoms with Crippen molar-refractivity contribution in [1.29, 1.82) is 0 Å². The molecule has 0 aromatic carbocycles. The number of aromatic nitrogens is 5. The molecule has 0 radical (unpaired) electrons. The fourth-order valence-electron chi connectivity index (χ4n) is 2.21. The summed E-state index contributed by atoms with van der Waals surface area (Å²) in [5.74, 6) is -0.318. The number of aliphatic carboxylic acids is 1. The van der Waals surface area contributed by atoms with Gasteiger partial charge in [-0.15, -0.1) is 5.10 Å². The summed E-state index contributed by atoms with van der Waals surface area (Å²) in [4.78, 5) is 15.3. The molecule has 0 amide bonds. The molecule has 1 atom stereocenters. The van der Waals surface area contributed by atoms with Gasteiger partial charge in [-0.1, -0.05) is 13.8 Å². The standard InChI is InChI=1S/C14H19N5O2/c1-10(2)7-12(14(20)21)9-19-13(16-17-18-19)8-11-3-5-15-6-4-11/h3-6,10,12H,7-9H2,1-2H3,(H,20,21). The van der Waals surface area contributed by atoms with Gasteiger partial charge in [0.15, 0.2) is 5.82 Å². The fourth-order valence-corrected chi connectivity index (χ4v) is 2.21. The summed E-state index contributed by atoms with van der Waals surface area (Å²) in [7, 11) is 0. The first-order valence-electron chi connectivity index (χ1n) is 6.93. The van der Waals surface area contributed by atoms with E-state index >= 15 is 0 Å². The molecular weight excluding hydrogens is 270 g/mol. The summed E-state index contributed by atoms with van der Waals surface area (Å²) in [6.07, 6.45) is 4.58. The van der Waals surface area contributed by atoms with Crippen molar-refractivity contribution in [3.63, 3.8) is 0 Å². The van der Waals surface area contributed by atoms with E-state index in [-0.39, 0.29) is 0 Å². The van der Waals surface area contributed by atoms with Gasteiger partial charge in [0.25, 0.3) is 0 Å². The van der Waals surface area contributed by atoms with E-state index < -0.39 is 11.9 Å². The Balaban J connectivity index is 2.10. The van der Waals surface area contributed by atoms with Crippen molar-refractivity contribution in [1.82, 2.24) is 25.2 Å². The van der Waals surface area contributed by atoms with E-state index in [0.29, 0.717) is 31.1 Å². The number of carbonyl (C=O) groups is 1. The molecule has 0 aliphatic carbocycles. The van der Waals surface area contributed by atoms with Crippen LogP contribution < -0.4 is 0 Å². The van der Waals surface area contributed by atoms with Crippen molar-refractivity contribution in [3.8, 4) is 0 Å². The third kappa shape index (κ3) is 4.34. The quantitative estimate of drug-likeness (QED) is 0.828. The van der Waals surface area contributed by atoms with Crippen molar-refractivity contribution in [3.05, 3.63) is 35.9 Å². The first-order valence-corrected chi connectivity index (χ1v) is 6.93. The van der Waals surface area contributed by atoms with E-state index in [1.54, 1.807) is 17.1 Å². The molecule has 0 saturated carbocycles. The van der Waals surface area contributed by atoms with Gasteiger partial charge in [0.1, 0.15) is 0 Å². The SMILES string of the molecule is CC(C)CC(Cn1nnnc1Cc1ccncc1)C(=O)O. The summed E-state index contributed by atoms with van der Waals surface area (Å²) in [5.41, 5.74) is 1.04. The average molecular weight is 289 g/mol. The van der Waals surface area contributed by atoms with Gasteiger partial charge in [0.2, 0.25) is 0 Å². The second kappa shape index (κ2) is 6.92. The van der Waals surface area contributed by atoms with Gasteiger partial charge in [-0.25, -0.2) is 4.68 Å². The number of rotatable bonds is 7.